The van der Waals surface area contributed by atoms with Crippen molar-refractivity contribution in [2.75, 3.05) is 18.0 Å². The molecule has 3 rings (SSSR count). The first-order valence-electron chi connectivity index (χ1n) is 8.91. The van der Waals surface area contributed by atoms with Crippen LogP contribution >= 0.6 is 0 Å². The molecule has 2 aromatic rings. The van der Waals surface area contributed by atoms with Crippen molar-refractivity contribution >= 4 is 23.5 Å². The Bertz CT molecular complexity index is 931. The molecule has 142 valence electrons. The summed E-state index contributed by atoms with van der Waals surface area (Å²) in [7, 11) is 0. The highest BCUT2D eigenvalue weighted by atomic mass is 16.5. The number of anilines is 1. The molecule has 0 saturated carbocycles. The van der Waals surface area contributed by atoms with E-state index < -0.39 is 11.9 Å². The Hall–Kier alpha value is -3.66. The number of ether oxygens (including phenoxy) is 1. The third-order valence-electron chi connectivity index (χ3n) is 4.43. The fourth-order valence-electron chi connectivity index (χ4n) is 2.93. The van der Waals surface area contributed by atoms with Crippen LogP contribution in [-0.2, 0) is 20.9 Å². The van der Waals surface area contributed by atoms with Gasteiger partial charge in [-0.2, -0.15) is 5.26 Å². The maximum atomic E-state index is 12.2. The van der Waals surface area contributed by atoms with Crippen LogP contribution in [0.4, 0.5) is 5.69 Å². The number of nitriles is 1. The van der Waals surface area contributed by atoms with Crippen molar-refractivity contribution in [3.63, 3.8) is 0 Å². The third-order valence-corrected chi connectivity index (χ3v) is 4.43. The molecule has 1 aliphatic heterocycles. The van der Waals surface area contributed by atoms with Gasteiger partial charge in [-0.25, -0.2) is 0 Å². The van der Waals surface area contributed by atoms with Crippen LogP contribution < -0.4 is 10.2 Å². The Morgan fingerprint density at radius 1 is 1.14 bits per heavy atom. The van der Waals surface area contributed by atoms with Crippen LogP contribution in [-0.4, -0.2) is 30.9 Å². The smallest absolute Gasteiger partial charge is 0.325 e. The molecule has 0 atom stereocenters. The maximum Gasteiger partial charge on any atom is 0.325 e. The standard InChI is InChI=1S/C21H19N3O4/c22-12-16-4-1-2-5-17(16)14-28-20(26)13-23-21(27)15-7-9-18(10-8-15)24-11-3-6-19(24)25/h1-2,4-5,7-10H,3,6,11,13-14H2,(H,23,27). The molecule has 1 heterocycles. The van der Waals surface area contributed by atoms with E-state index in [9.17, 15) is 14.4 Å². The molecule has 0 aliphatic carbocycles. The number of hydrogen-bond donors (Lipinski definition) is 1. The molecular weight excluding hydrogens is 358 g/mol. The van der Waals surface area contributed by atoms with Gasteiger partial charge < -0.3 is 15.0 Å². The summed E-state index contributed by atoms with van der Waals surface area (Å²) in [6.45, 7) is 0.377. The van der Waals surface area contributed by atoms with Crippen LogP contribution in [0.5, 0.6) is 0 Å². The van der Waals surface area contributed by atoms with Crippen LogP contribution in [0.2, 0.25) is 0 Å². The van der Waals surface area contributed by atoms with E-state index in [1.807, 2.05) is 6.07 Å². The molecule has 7 nitrogen and oxygen atoms in total. The number of esters is 1. The highest BCUT2D eigenvalue weighted by Crippen LogP contribution is 2.21. The first kappa shape index (κ1) is 19.1. The molecule has 1 saturated heterocycles. The van der Waals surface area contributed by atoms with E-state index in [2.05, 4.69) is 5.32 Å². The van der Waals surface area contributed by atoms with E-state index in [4.69, 9.17) is 10.00 Å². The largest absolute Gasteiger partial charge is 0.459 e. The number of carbonyl (C=O) groups is 3. The van der Waals surface area contributed by atoms with E-state index in [1.165, 1.54) is 0 Å². The number of nitrogens with one attached hydrogen (secondary N) is 1. The Morgan fingerprint density at radius 2 is 1.89 bits per heavy atom. The zero-order valence-corrected chi connectivity index (χ0v) is 15.2. The number of nitrogens with zero attached hydrogens (tertiary/aromatic N) is 2. The van der Waals surface area contributed by atoms with Gasteiger partial charge in [-0.3, -0.25) is 14.4 Å². The molecule has 7 heteroatoms. The van der Waals surface area contributed by atoms with E-state index in [1.54, 1.807) is 53.4 Å². The number of rotatable bonds is 6. The fraction of sp³-hybridized carbons (Fsp3) is 0.238. The molecule has 28 heavy (non-hydrogen) atoms. The Labute approximate surface area is 162 Å². The highest BCUT2D eigenvalue weighted by Gasteiger charge is 2.21. The average Bonchev–Trinajstić information content (AvgIpc) is 3.16. The lowest BCUT2D eigenvalue weighted by molar-refractivity contribution is -0.143. The molecule has 0 bridgehead atoms. The van der Waals surface area contributed by atoms with Crippen molar-refractivity contribution in [2.24, 2.45) is 0 Å². The Morgan fingerprint density at radius 3 is 2.57 bits per heavy atom. The zero-order chi connectivity index (χ0) is 19.9. The van der Waals surface area contributed by atoms with Crippen molar-refractivity contribution in [3.05, 3.63) is 65.2 Å². The van der Waals surface area contributed by atoms with Crippen molar-refractivity contribution in [1.82, 2.24) is 5.32 Å². The predicted octanol–water partition coefficient (Wildman–Crippen LogP) is 2.16. The summed E-state index contributed by atoms with van der Waals surface area (Å²) in [4.78, 5) is 37.5. The molecule has 0 aromatic heterocycles. The molecule has 0 radical (unpaired) electrons. The summed E-state index contributed by atoms with van der Waals surface area (Å²) in [5.74, 6) is -0.924. The van der Waals surface area contributed by atoms with Gasteiger partial charge in [-0.1, -0.05) is 18.2 Å². The first-order valence-corrected chi connectivity index (χ1v) is 8.91. The Balaban J connectivity index is 1.49. The van der Waals surface area contributed by atoms with E-state index in [0.717, 1.165) is 12.1 Å². The monoisotopic (exact) mass is 377 g/mol. The van der Waals surface area contributed by atoms with Crippen LogP contribution in [0.3, 0.4) is 0 Å². The van der Waals surface area contributed by atoms with Crippen molar-refractivity contribution in [3.8, 4) is 6.07 Å². The number of carbonyl (C=O) groups excluding carboxylic acids is 3. The van der Waals surface area contributed by atoms with E-state index in [0.29, 0.717) is 29.7 Å². The topological polar surface area (TPSA) is 99.5 Å². The second kappa shape index (κ2) is 8.82. The van der Waals surface area contributed by atoms with Gasteiger partial charge in [-0.05, 0) is 36.8 Å². The van der Waals surface area contributed by atoms with Gasteiger partial charge in [0, 0.05) is 29.8 Å². The van der Waals surface area contributed by atoms with Gasteiger partial charge in [0.2, 0.25) is 5.91 Å². The zero-order valence-electron chi connectivity index (χ0n) is 15.2. The molecule has 1 N–H and O–H groups in total. The summed E-state index contributed by atoms with van der Waals surface area (Å²) < 4.78 is 5.11. The van der Waals surface area contributed by atoms with Crippen molar-refractivity contribution < 1.29 is 19.1 Å². The molecule has 1 fully saturated rings. The SMILES string of the molecule is N#Cc1ccccc1COC(=O)CNC(=O)c1ccc(N2CCCC2=O)cc1. The van der Waals surface area contributed by atoms with E-state index >= 15 is 0 Å². The number of amides is 2. The summed E-state index contributed by atoms with van der Waals surface area (Å²) in [6.07, 6.45) is 1.38. The molecule has 2 amide bonds. The van der Waals surface area contributed by atoms with Gasteiger partial charge in [0.1, 0.15) is 13.2 Å². The molecular formula is C21H19N3O4. The second-order valence-electron chi connectivity index (χ2n) is 6.31. The second-order valence-corrected chi connectivity index (χ2v) is 6.31. The van der Waals surface area contributed by atoms with Gasteiger partial charge >= 0.3 is 5.97 Å². The highest BCUT2D eigenvalue weighted by molar-refractivity contribution is 5.98. The van der Waals surface area contributed by atoms with Gasteiger partial charge in [0.15, 0.2) is 0 Å². The molecule has 2 aromatic carbocycles. The number of benzene rings is 2. The minimum Gasteiger partial charge on any atom is -0.459 e. The quantitative estimate of drug-likeness (QED) is 0.778. The lowest BCUT2D eigenvalue weighted by atomic mass is 10.1. The molecule has 1 aliphatic rings. The summed E-state index contributed by atoms with van der Waals surface area (Å²) in [6, 6.07) is 15.5. The molecule has 0 spiro atoms. The lowest BCUT2D eigenvalue weighted by Crippen LogP contribution is -2.30. The maximum absolute atomic E-state index is 12.2. The Kier molecular flexibility index (Phi) is 6.02. The third kappa shape index (κ3) is 4.54. The molecule has 0 unspecified atom stereocenters. The van der Waals surface area contributed by atoms with Gasteiger partial charge in [0.25, 0.3) is 5.91 Å². The fourth-order valence-corrected chi connectivity index (χ4v) is 2.93. The normalized spacial score (nSPS) is 13.1. The van der Waals surface area contributed by atoms with Gasteiger partial charge in [-0.15, -0.1) is 0 Å². The van der Waals surface area contributed by atoms with Crippen molar-refractivity contribution in [1.29, 1.82) is 5.26 Å². The predicted molar refractivity (Wildman–Crippen MR) is 101 cm³/mol. The minimum atomic E-state index is -0.597. The lowest BCUT2D eigenvalue weighted by Gasteiger charge is -2.15. The van der Waals surface area contributed by atoms with Crippen LogP contribution in [0.1, 0.15) is 34.3 Å². The van der Waals surface area contributed by atoms with Crippen LogP contribution in [0, 0.1) is 11.3 Å². The minimum absolute atomic E-state index is 0.0308. The summed E-state index contributed by atoms with van der Waals surface area (Å²) in [5, 5.41) is 11.5. The first-order chi connectivity index (χ1) is 13.6. The van der Waals surface area contributed by atoms with Crippen LogP contribution in [0.15, 0.2) is 48.5 Å². The average molecular weight is 377 g/mol. The number of hydrogen-bond acceptors (Lipinski definition) is 5. The van der Waals surface area contributed by atoms with Crippen LogP contribution in [0.25, 0.3) is 0 Å². The van der Waals surface area contributed by atoms with Crippen molar-refractivity contribution in [2.45, 2.75) is 19.4 Å². The summed E-state index contributed by atoms with van der Waals surface area (Å²) >= 11 is 0. The van der Waals surface area contributed by atoms with E-state index in [-0.39, 0.29) is 19.1 Å². The van der Waals surface area contributed by atoms with Gasteiger partial charge in [0.05, 0.1) is 11.6 Å². The summed E-state index contributed by atoms with van der Waals surface area (Å²) in [5.41, 5.74) is 2.19.